The molecule has 0 N–H and O–H groups in total. The Morgan fingerprint density at radius 1 is 0.286 bits per heavy atom. The van der Waals surface area contributed by atoms with Gasteiger partial charge >= 0.3 is 0 Å². The molecule has 56 heavy (non-hydrogen) atoms. The predicted molar refractivity (Wildman–Crippen MR) is 236 cm³/mol. The molecule has 0 saturated heterocycles. The van der Waals surface area contributed by atoms with Crippen LogP contribution in [0.5, 0.6) is 0 Å². The van der Waals surface area contributed by atoms with Gasteiger partial charge in [-0.2, -0.15) is 0 Å². The molecule has 0 saturated carbocycles. The number of anilines is 3. The Bertz CT molecular complexity index is 2830. The van der Waals surface area contributed by atoms with Gasteiger partial charge in [-0.3, -0.25) is 0 Å². The van der Waals surface area contributed by atoms with Crippen LogP contribution in [0.3, 0.4) is 0 Å². The minimum atomic E-state index is 0.867. The summed E-state index contributed by atoms with van der Waals surface area (Å²) in [5, 5.41) is 2.24. The fourth-order valence-electron chi connectivity index (χ4n) is 7.92. The van der Waals surface area contributed by atoms with Gasteiger partial charge in [-0.25, -0.2) is 0 Å². The zero-order chi connectivity index (χ0) is 37.3. The van der Waals surface area contributed by atoms with Crippen LogP contribution in [0, 0.1) is 0 Å². The maximum absolute atomic E-state index is 6.64. The summed E-state index contributed by atoms with van der Waals surface area (Å²) in [6, 6.07) is 80.1. The number of hydrogen-bond acceptors (Lipinski definition) is 2. The van der Waals surface area contributed by atoms with Gasteiger partial charge in [0.05, 0.1) is 5.69 Å². The van der Waals surface area contributed by atoms with E-state index < -0.39 is 0 Å². The average Bonchev–Trinajstić information content (AvgIpc) is 3.66. The lowest BCUT2D eigenvalue weighted by Crippen LogP contribution is -2.11. The highest BCUT2D eigenvalue weighted by Crippen LogP contribution is 2.46. The molecule has 0 aliphatic heterocycles. The summed E-state index contributed by atoms with van der Waals surface area (Å²) in [7, 11) is 0. The molecule has 9 aromatic carbocycles. The Morgan fingerprint density at radius 2 is 0.732 bits per heavy atom. The SMILES string of the molecule is c1ccc(-c2ccc(N(c3ccc(-c4ccccc4)cc3)c3cc(-c4ccccc4)ccc3-c3cc(-c4ccccc4)c4c(c3)oc3ccccc34)cc2)cc1. The average molecular weight is 716 g/mol. The Hall–Kier alpha value is -7.42. The smallest absolute Gasteiger partial charge is 0.136 e. The lowest BCUT2D eigenvalue weighted by molar-refractivity contribution is 0.669. The van der Waals surface area contributed by atoms with E-state index in [9.17, 15) is 0 Å². The molecule has 1 aromatic heterocycles. The maximum Gasteiger partial charge on any atom is 0.136 e. The molecule has 10 aromatic rings. The van der Waals surface area contributed by atoms with Gasteiger partial charge in [-0.15, -0.1) is 0 Å². The van der Waals surface area contributed by atoms with E-state index in [-0.39, 0.29) is 0 Å². The highest BCUT2D eigenvalue weighted by atomic mass is 16.3. The third-order valence-electron chi connectivity index (χ3n) is 10.7. The van der Waals surface area contributed by atoms with Gasteiger partial charge in [-0.05, 0) is 98.6 Å². The van der Waals surface area contributed by atoms with Gasteiger partial charge < -0.3 is 9.32 Å². The standard InChI is InChI=1S/C54H37NO/c1-5-15-38(16-6-1)41-25-30-46(31-26-41)55(47-32-27-42(28-33-47)39-17-7-2-8-18-39)51-36-44(40-19-9-3-10-20-40)29-34-48(51)45-35-50(43-21-11-4-12-22-43)54-49-23-13-14-24-52(49)56-53(54)37-45/h1-37H. The van der Waals surface area contributed by atoms with E-state index in [1.807, 2.05) is 6.07 Å². The molecule has 2 nitrogen and oxygen atoms in total. The van der Waals surface area contributed by atoms with Gasteiger partial charge in [0.2, 0.25) is 0 Å². The normalized spacial score (nSPS) is 11.2. The van der Waals surface area contributed by atoms with Crippen molar-refractivity contribution in [1.29, 1.82) is 0 Å². The lowest BCUT2D eigenvalue weighted by Gasteiger charge is -2.29. The minimum Gasteiger partial charge on any atom is -0.456 e. The van der Waals surface area contributed by atoms with Crippen molar-refractivity contribution in [2.24, 2.45) is 0 Å². The summed E-state index contributed by atoms with van der Waals surface area (Å²) in [6.07, 6.45) is 0. The molecule has 0 bridgehead atoms. The van der Waals surface area contributed by atoms with Crippen molar-refractivity contribution in [2.75, 3.05) is 4.90 Å². The summed E-state index contributed by atoms with van der Waals surface area (Å²) in [5.41, 5.74) is 16.5. The second kappa shape index (κ2) is 14.4. The van der Waals surface area contributed by atoms with E-state index in [0.29, 0.717) is 0 Å². The molecule has 264 valence electrons. The van der Waals surface area contributed by atoms with Crippen LogP contribution in [0.25, 0.3) is 77.6 Å². The number of nitrogens with zero attached hydrogens (tertiary/aromatic N) is 1. The number of benzene rings is 9. The first-order valence-electron chi connectivity index (χ1n) is 19.1. The third-order valence-corrected chi connectivity index (χ3v) is 10.7. The zero-order valence-electron chi connectivity index (χ0n) is 30.7. The number of fused-ring (bicyclic) bond motifs is 3. The van der Waals surface area contributed by atoms with Crippen LogP contribution in [-0.4, -0.2) is 0 Å². The Morgan fingerprint density at radius 3 is 1.29 bits per heavy atom. The van der Waals surface area contributed by atoms with Crippen molar-refractivity contribution in [3.05, 3.63) is 224 Å². The summed E-state index contributed by atoms with van der Waals surface area (Å²) in [4.78, 5) is 2.40. The van der Waals surface area contributed by atoms with E-state index in [1.165, 1.54) is 22.3 Å². The van der Waals surface area contributed by atoms with Crippen LogP contribution in [0.2, 0.25) is 0 Å². The fourth-order valence-corrected chi connectivity index (χ4v) is 7.92. The second-order valence-corrected chi connectivity index (χ2v) is 14.1. The van der Waals surface area contributed by atoms with Crippen molar-refractivity contribution >= 4 is 39.0 Å². The molecule has 0 fully saturated rings. The van der Waals surface area contributed by atoms with Crippen molar-refractivity contribution in [1.82, 2.24) is 0 Å². The molecule has 0 aliphatic rings. The van der Waals surface area contributed by atoms with Gasteiger partial charge in [-0.1, -0.05) is 176 Å². The summed E-state index contributed by atoms with van der Waals surface area (Å²) < 4.78 is 6.64. The molecule has 0 spiro atoms. The number of rotatable bonds is 8. The highest BCUT2D eigenvalue weighted by molar-refractivity contribution is 6.14. The quantitative estimate of drug-likeness (QED) is 0.156. The molecule has 0 radical (unpaired) electrons. The van der Waals surface area contributed by atoms with Gasteiger partial charge in [0.1, 0.15) is 11.2 Å². The van der Waals surface area contributed by atoms with Crippen molar-refractivity contribution in [3.63, 3.8) is 0 Å². The maximum atomic E-state index is 6.64. The van der Waals surface area contributed by atoms with Crippen molar-refractivity contribution < 1.29 is 4.42 Å². The van der Waals surface area contributed by atoms with Gasteiger partial charge in [0.15, 0.2) is 0 Å². The van der Waals surface area contributed by atoms with Crippen molar-refractivity contribution in [2.45, 2.75) is 0 Å². The Labute approximate surface area is 327 Å². The molecule has 1 heterocycles. The van der Waals surface area contributed by atoms with E-state index in [0.717, 1.165) is 72.4 Å². The minimum absolute atomic E-state index is 0.867. The molecule has 2 heteroatoms. The van der Waals surface area contributed by atoms with Crippen LogP contribution >= 0.6 is 0 Å². The van der Waals surface area contributed by atoms with E-state index in [1.54, 1.807) is 0 Å². The summed E-state index contributed by atoms with van der Waals surface area (Å²) in [6.45, 7) is 0. The topological polar surface area (TPSA) is 16.4 Å². The van der Waals surface area contributed by atoms with Crippen LogP contribution in [0.15, 0.2) is 229 Å². The van der Waals surface area contributed by atoms with Crippen LogP contribution in [-0.2, 0) is 0 Å². The molecule has 0 aliphatic carbocycles. The van der Waals surface area contributed by atoms with E-state index in [2.05, 4.69) is 223 Å². The lowest BCUT2D eigenvalue weighted by atomic mass is 9.92. The predicted octanol–water partition coefficient (Wildman–Crippen LogP) is 15.4. The second-order valence-electron chi connectivity index (χ2n) is 14.1. The van der Waals surface area contributed by atoms with E-state index >= 15 is 0 Å². The zero-order valence-corrected chi connectivity index (χ0v) is 30.7. The molecule has 10 rings (SSSR count). The Balaban J connectivity index is 1.22. The first-order valence-corrected chi connectivity index (χ1v) is 19.1. The van der Waals surface area contributed by atoms with Crippen molar-refractivity contribution in [3.8, 4) is 55.6 Å². The Kier molecular flexibility index (Phi) is 8.55. The monoisotopic (exact) mass is 715 g/mol. The van der Waals surface area contributed by atoms with Crippen LogP contribution < -0.4 is 4.90 Å². The first-order chi connectivity index (χ1) is 27.8. The molecular formula is C54H37NO. The largest absolute Gasteiger partial charge is 0.456 e. The summed E-state index contributed by atoms with van der Waals surface area (Å²) in [5.74, 6) is 0. The highest BCUT2D eigenvalue weighted by Gasteiger charge is 2.22. The molecule has 0 atom stereocenters. The third kappa shape index (κ3) is 6.24. The fraction of sp³-hybridized carbons (Fsp3) is 0. The number of hydrogen-bond donors (Lipinski definition) is 0. The van der Waals surface area contributed by atoms with Gasteiger partial charge in [0, 0.05) is 27.7 Å². The molecule has 0 amide bonds. The van der Waals surface area contributed by atoms with E-state index in [4.69, 9.17) is 4.42 Å². The van der Waals surface area contributed by atoms with Crippen LogP contribution in [0.4, 0.5) is 17.1 Å². The number of para-hydroxylation sites is 1. The number of furan rings is 1. The van der Waals surface area contributed by atoms with Gasteiger partial charge in [0.25, 0.3) is 0 Å². The molecule has 0 unspecified atom stereocenters. The van der Waals surface area contributed by atoms with Crippen LogP contribution in [0.1, 0.15) is 0 Å². The molecular weight excluding hydrogens is 679 g/mol. The first kappa shape index (κ1) is 33.2. The summed E-state index contributed by atoms with van der Waals surface area (Å²) >= 11 is 0.